The van der Waals surface area contributed by atoms with Gasteiger partial charge in [0.2, 0.25) is 0 Å². The van der Waals surface area contributed by atoms with Crippen molar-refractivity contribution in [2.45, 2.75) is 12.8 Å². The van der Waals surface area contributed by atoms with Crippen molar-refractivity contribution in [3.05, 3.63) is 0 Å². The van der Waals surface area contributed by atoms with Gasteiger partial charge in [0, 0.05) is 12.8 Å². The van der Waals surface area contributed by atoms with Gasteiger partial charge in [-0.15, -0.1) is 0 Å². The lowest BCUT2D eigenvalue weighted by atomic mass is 10.4. The van der Waals surface area contributed by atoms with Crippen LogP contribution in [0.1, 0.15) is 12.8 Å². The molecular formula is C4H5I2NO. The summed E-state index contributed by atoms with van der Waals surface area (Å²) in [5.41, 5.74) is 0. The van der Waals surface area contributed by atoms with E-state index in [1.807, 2.05) is 22.6 Å². The Balaban J connectivity index is 3.18. The predicted octanol–water partition coefficient (Wildman–Crippen LogP) is 2.14. The minimum atomic E-state index is 0.129. The Labute approximate surface area is 75.2 Å². The van der Waals surface area contributed by atoms with Gasteiger partial charge in [0.15, 0.2) is 3.79 Å². The van der Waals surface area contributed by atoms with Gasteiger partial charge in [0.05, 0.1) is 3.72 Å². The van der Waals surface area contributed by atoms with Crippen LogP contribution >= 0.6 is 45.2 Å². The van der Waals surface area contributed by atoms with Gasteiger partial charge in [-0.25, -0.2) is 0 Å². The first-order valence-electron chi connectivity index (χ1n) is 2.04. The maximum atomic E-state index is 10.2. The molecule has 0 atom stereocenters. The number of halogens is 2. The molecule has 0 amide bonds. The van der Waals surface area contributed by atoms with Gasteiger partial charge in [-0.1, -0.05) is 0 Å². The fourth-order valence-electron chi connectivity index (χ4n) is 0.208. The van der Waals surface area contributed by atoms with Crippen molar-refractivity contribution in [3.63, 3.8) is 0 Å². The molecule has 0 spiro atoms. The summed E-state index contributed by atoms with van der Waals surface area (Å²) in [6, 6.07) is 0. The average molecular weight is 337 g/mol. The van der Waals surface area contributed by atoms with Crippen molar-refractivity contribution >= 4 is 52.7 Å². The second kappa shape index (κ2) is 4.66. The molecule has 0 rings (SSSR count). The Hall–Kier alpha value is 0.800. The van der Waals surface area contributed by atoms with E-state index < -0.39 is 0 Å². The zero-order chi connectivity index (χ0) is 6.57. The Morgan fingerprint density at radius 2 is 1.88 bits per heavy atom. The van der Waals surface area contributed by atoms with E-state index in [0.29, 0.717) is 16.6 Å². The van der Waals surface area contributed by atoms with E-state index in [9.17, 15) is 4.79 Å². The lowest BCUT2D eigenvalue weighted by Crippen LogP contribution is -1.88. The van der Waals surface area contributed by atoms with Crippen LogP contribution in [0.5, 0.6) is 0 Å². The summed E-state index contributed by atoms with van der Waals surface area (Å²) in [4.78, 5) is 10.2. The van der Waals surface area contributed by atoms with E-state index in [4.69, 9.17) is 5.41 Å². The minimum Gasteiger partial charge on any atom is -0.299 e. The van der Waals surface area contributed by atoms with Gasteiger partial charge in [-0.05, 0) is 45.2 Å². The molecule has 4 heteroatoms. The summed E-state index contributed by atoms with van der Waals surface area (Å²) in [6.07, 6.45) is 1.10. The van der Waals surface area contributed by atoms with E-state index in [-0.39, 0.29) is 3.79 Å². The molecule has 0 unspecified atom stereocenters. The maximum Gasteiger partial charge on any atom is 0.192 e. The van der Waals surface area contributed by atoms with E-state index in [0.717, 1.165) is 0 Å². The molecule has 1 N–H and O–H groups in total. The fraction of sp³-hybridized carbons (Fsp3) is 0.500. The highest BCUT2D eigenvalue weighted by Crippen LogP contribution is 2.01. The minimum absolute atomic E-state index is 0.129. The third kappa shape index (κ3) is 6.80. The molecule has 8 heavy (non-hydrogen) atoms. The van der Waals surface area contributed by atoms with Crippen LogP contribution in [-0.2, 0) is 4.79 Å². The third-order valence-corrected chi connectivity index (χ3v) is 1.62. The molecule has 2 nitrogen and oxygen atoms in total. The molecule has 0 aliphatic heterocycles. The van der Waals surface area contributed by atoms with Crippen molar-refractivity contribution < 1.29 is 4.79 Å². The smallest absolute Gasteiger partial charge is 0.192 e. The van der Waals surface area contributed by atoms with Crippen LogP contribution in [0.3, 0.4) is 0 Å². The summed E-state index contributed by atoms with van der Waals surface area (Å²) in [5, 5.41) is 6.92. The number of hydrogen-bond donors (Lipinski definition) is 1. The monoisotopic (exact) mass is 337 g/mol. The first kappa shape index (κ1) is 8.80. The quantitative estimate of drug-likeness (QED) is 0.479. The lowest BCUT2D eigenvalue weighted by Gasteiger charge is -1.87. The summed E-state index contributed by atoms with van der Waals surface area (Å²) in [5.74, 6) is 0. The molecule has 0 radical (unpaired) electrons. The molecule has 0 saturated carbocycles. The van der Waals surface area contributed by atoms with Gasteiger partial charge in [0.1, 0.15) is 0 Å². The number of carbonyl (C=O) groups excluding carboxylic acids is 1. The average Bonchev–Trinajstić information content (AvgIpc) is 1.61. The maximum absolute atomic E-state index is 10.2. The highest BCUT2D eigenvalue weighted by Gasteiger charge is 1.95. The predicted molar refractivity (Wildman–Crippen MR) is 50.0 cm³/mol. The van der Waals surface area contributed by atoms with Gasteiger partial charge in [-0.3, -0.25) is 10.2 Å². The number of nitrogens with one attached hydrogen (secondary N) is 1. The number of hydrogen-bond acceptors (Lipinski definition) is 2. The SMILES string of the molecule is N=C(I)CCC(=O)I. The van der Waals surface area contributed by atoms with Crippen LogP contribution in [0.15, 0.2) is 0 Å². The highest BCUT2D eigenvalue weighted by atomic mass is 127. The molecular weight excluding hydrogens is 332 g/mol. The highest BCUT2D eigenvalue weighted by molar-refractivity contribution is 14.1. The van der Waals surface area contributed by atoms with Crippen molar-refractivity contribution in [1.82, 2.24) is 0 Å². The zero-order valence-electron chi connectivity index (χ0n) is 4.08. The molecule has 0 fully saturated rings. The van der Waals surface area contributed by atoms with Crippen LogP contribution in [0.25, 0.3) is 0 Å². The molecule has 0 aromatic carbocycles. The molecule has 0 heterocycles. The van der Waals surface area contributed by atoms with E-state index in [2.05, 4.69) is 0 Å². The first-order valence-corrected chi connectivity index (χ1v) is 4.20. The van der Waals surface area contributed by atoms with E-state index in [1.165, 1.54) is 0 Å². The molecule has 0 saturated heterocycles. The normalized spacial score (nSPS) is 8.75. The molecule has 0 aromatic heterocycles. The largest absolute Gasteiger partial charge is 0.299 e. The molecule has 0 aliphatic carbocycles. The Morgan fingerprint density at radius 3 is 2.00 bits per heavy atom. The Bertz CT molecular complexity index is 98.6. The summed E-state index contributed by atoms with van der Waals surface area (Å²) < 4.78 is 0.677. The first-order chi connectivity index (χ1) is 3.63. The van der Waals surface area contributed by atoms with Crippen LogP contribution in [0.2, 0.25) is 0 Å². The third-order valence-electron chi connectivity index (χ3n) is 0.541. The summed E-state index contributed by atoms with van der Waals surface area (Å²) >= 11 is 3.64. The van der Waals surface area contributed by atoms with E-state index >= 15 is 0 Å². The van der Waals surface area contributed by atoms with Crippen molar-refractivity contribution in [1.29, 1.82) is 5.41 Å². The van der Waals surface area contributed by atoms with Crippen molar-refractivity contribution in [2.24, 2.45) is 0 Å². The fourth-order valence-corrected chi connectivity index (χ4v) is 0.747. The standard InChI is InChI=1S/C4H5I2NO/c5-3(7)1-2-4(6)8/h7H,1-2H2. The molecule has 0 bridgehead atoms. The topological polar surface area (TPSA) is 40.9 Å². The molecule has 0 aliphatic rings. The van der Waals surface area contributed by atoms with Gasteiger partial charge in [-0.2, -0.15) is 0 Å². The lowest BCUT2D eigenvalue weighted by molar-refractivity contribution is -0.109. The molecule has 0 aromatic rings. The van der Waals surface area contributed by atoms with Crippen LogP contribution in [-0.4, -0.2) is 7.51 Å². The van der Waals surface area contributed by atoms with Crippen molar-refractivity contribution in [2.75, 3.05) is 0 Å². The Kier molecular flexibility index (Phi) is 5.12. The summed E-state index contributed by atoms with van der Waals surface area (Å²) in [6.45, 7) is 0. The zero-order valence-corrected chi connectivity index (χ0v) is 8.39. The number of rotatable bonds is 3. The van der Waals surface area contributed by atoms with Crippen LogP contribution < -0.4 is 0 Å². The van der Waals surface area contributed by atoms with Crippen LogP contribution in [0.4, 0.5) is 0 Å². The number of carbonyl (C=O) groups is 1. The summed E-state index contributed by atoms with van der Waals surface area (Å²) in [7, 11) is 0. The van der Waals surface area contributed by atoms with Crippen molar-refractivity contribution in [3.8, 4) is 0 Å². The van der Waals surface area contributed by atoms with Gasteiger partial charge < -0.3 is 0 Å². The van der Waals surface area contributed by atoms with E-state index in [1.54, 1.807) is 22.6 Å². The molecule has 46 valence electrons. The van der Waals surface area contributed by atoms with Gasteiger partial charge >= 0.3 is 0 Å². The van der Waals surface area contributed by atoms with Crippen LogP contribution in [0, 0.1) is 5.41 Å². The second-order valence-electron chi connectivity index (χ2n) is 1.26. The Morgan fingerprint density at radius 1 is 1.38 bits per heavy atom. The second-order valence-corrected chi connectivity index (χ2v) is 3.77. The van der Waals surface area contributed by atoms with Gasteiger partial charge in [0.25, 0.3) is 0 Å².